The van der Waals surface area contributed by atoms with Crippen molar-refractivity contribution in [1.29, 1.82) is 0 Å². The second-order valence-electron chi connectivity index (χ2n) is 3.36. The first kappa shape index (κ1) is 12.2. The topological polar surface area (TPSA) is 81.7 Å². The predicted octanol–water partition coefficient (Wildman–Crippen LogP) is -0.605. The molecule has 0 radical (unpaired) electrons. The standard InChI is InChI=1S/C10H13NO5/c1-15-9(13)2-3-10(14)16-6-7-4-8(12)11-5-7/h2-3,7H,4-6H2,1H3,(H,11,12)/b3-2+/t7-/m0/s1. The van der Waals surface area contributed by atoms with Gasteiger partial charge in [0.25, 0.3) is 0 Å². The lowest BCUT2D eigenvalue weighted by Gasteiger charge is -2.06. The van der Waals surface area contributed by atoms with Crippen LogP contribution in [0.2, 0.25) is 0 Å². The Balaban J connectivity index is 2.22. The molecular weight excluding hydrogens is 214 g/mol. The molecule has 1 amide bonds. The maximum Gasteiger partial charge on any atom is 0.331 e. The second kappa shape index (κ2) is 5.89. The molecule has 1 saturated heterocycles. The average Bonchev–Trinajstić information content (AvgIpc) is 2.69. The molecule has 0 spiro atoms. The van der Waals surface area contributed by atoms with Crippen molar-refractivity contribution in [3.63, 3.8) is 0 Å². The maximum atomic E-state index is 11.1. The SMILES string of the molecule is COC(=O)/C=C/C(=O)OC[C@@H]1CNC(=O)C1. The zero-order chi connectivity index (χ0) is 12.0. The molecule has 1 fully saturated rings. The third-order valence-electron chi connectivity index (χ3n) is 2.08. The monoisotopic (exact) mass is 227 g/mol. The van der Waals surface area contributed by atoms with Crippen LogP contribution in [0.25, 0.3) is 0 Å². The van der Waals surface area contributed by atoms with Crippen molar-refractivity contribution in [1.82, 2.24) is 5.32 Å². The molecule has 1 rings (SSSR count). The molecule has 0 aromatic rings. The van der Waals surface area contributed by atoms with Gasteiger partial charge in [0.15, 0.2) is 0 Å². The van der Waals surface area contributed by atoms with E-state index < -0.39 is 11.9 Å². The molecule has 88 valence electrons. The fourth-order valence-corrected chi connectivity index (χ4v) is 1.23. The molecule has 1 aliphatic rings. The highest BCUT2D eigenvalue weighted by molar-refractivity contribution is 5.91. The van der Waals surface area contributed by atoms with Gasteiger partial charge in [-0.3, -0.25) is 4.79 Å². The van der Waals surface area contributed by atoms with Gasteiger partial charge in [-0.25, -0.2) is 9.59 Å². The number of carbonyl (C=O) groups is 3. The van der Waals surface area contributed by atoms with E-state index in [9.17, 15) is 14.4 Å². The van der Waals surface area contributed by atoms with Crippen LogP contribution in [0.15, 0.2) is 12.2 Å². The Morgan fingerprint density at radius 3 is 2.69 bits per heavy atom. The van der Waals surface area contributed by atoms with Crippen LogP contribution in [0.5, 0.6) is 0 Å². The van der Waals surface area contributed by atoms with Crippen LogP contribution in [-0.2, 0) is 23.9 Å². The number of nitrogens with one attached hydrogen (secondary N) is 1. The minimum absolute atomic E-state index is 0.0166. The first-order chi connectivity index (χ1) is 7.61. The molecule has 1 atom stereocenters. The predicted molar refractivity (Wildman–Crippen MR) is 53.2 cm³/mol. The first-order valence-electron chi connectivity index (χ1n) is 4.81. The Morgan fingerprint density at radius 2 is 2.12 bits per heavy atom. The van der Waals surface area contributed by atoms with Gasteiger partial charge in [0, 0.05) is 31.0 Å². The van der Waals surface area contributed by atoms with Crippen molar-refractivity contribution in [3.8, 4) is 0 Å². The van der Waals surface area contributed by atoms with Crippen LogP contribution in [0, 0.1) is 5.92 Å². The van der Waals surface area contributed by atoms with E-state index >= 15 is 0 Å². The molecule has 0 unspecified atom stereocenters. The number of rotatable bonds is 4. The summed E-state index contributed by atoms with van der Waals surface area (Å²) in [6, 6.07) is 0. The van der Waals surface area contributed by atoms with E-state index in [2.05, 4.69) is 10.1 Å². The lowest BCUT2D eigenvalue weighted by molar-refractivity contribution is -0.140. The molecule has 0 aromatic carbocycles. The van der Waals surface area contributed by atoms with Crippen LogP contribution in [-0.4, -0.2) is 38.1 Å². The van der Waals surface area contributed by atoms with Gasteiger partial charge in [-0.2, -0.15) is 0 Å². The third-order valence-corrected chi connectivity index (χ3v) is 2.08. The maximum absolute atomic E-state index is 11.1. The third kappa shape index (κ3) is 4.12. The van der Waals surface area contributed by atoms with E-state index in [1.165, 1.54) is 7.11 Å². The molecule has 6 heteroatoms. The van der Waals surface area contributed by atoms with Crippen molar-refractivity contribution < 1.29 is 23.9 Å². The van der Waals surface area contributed by atoms with E-state index in [-0.39, 0.29) is 18.4 Å². The highest BCUT2D eigenvalue weighted by atomic mass is 16.5. The van der Waals surface area contributed by atoms with Gasteiger partial charge in [0.05, 0.1) is 13.7 Å². The summed E-state index contributed by atoms with van der Waals surface area (Å²) in [5.41, 5.74) is 0. The van der Waals surface area contributed by atoms with E-state index in [0.717, 1.165) is 12.2 Å². The van der Waals surface area contributed by atoms with E-state index in [1.54, 1.807) is 0 Å². The number of amides is 1. The van der Waals surface area contributed by atoms with Crippen molar-refractivity contribution in [2.24, 2.45) is 5.92 Å². The molecule has 1 aliphatic heterocycles. The number of methoxy groups -OCH3 is 1. The summed E-state index contributed by atoms with van der Waals surface area (Å²) >= 11 is 0. The van der Waals surface area contributed by atoms with E-state index in [1.807, 2.05) is 0 Å². The summed E-state index contributed by atoms with van der Waals surface area (Å²) < 4.78 is 9.15. The summed E-state index contributed by atoms with van der Waals surface area (Å²) in [4.78, 5) is 32.6. The average molecular weight is 227 g/mol. The summed E-state index contributed by atoms with van der Waals surface area (Å²) in [5.74, 6) is -1.26. The molecule has 1 heterocycles. The summed E-state index contributed by atoms with van der Waals surface area (Å²) in [6.07, 6.45) is 2.35. The Hall–Kier alpha value is -1.85. The molecule has 1 N–H and O–H groups in total. The van der Waals surface area contributed by atoms with Crippen LogP contribution < -0.4 is 5.32 Å². The van der Waals surface area contributed by atoms with Crippen LogP contribution >= 0.6 is 0 Å². The fourth-order valence-electron chi connectivity index (χ4n) is 1.23. The lowest BCUT2D eigenvalue weighted by Crippen LogP contribution is -2.17. The number of ether oxygens (including phenoxy) is 2. The molecule has 0 aromatic heterocycles. The van der Waals surface area contributed by atoms with Crippen molar-refractivity contribution in [3.05, 3.63) is 12.2 Å². The Labute approximate surface area is 92.6 Å². The molecule has 0 saturated carbocycles. The smallest absolute Gasteiger partial charge is 0.331 e. The zero-order valence-electron chi connectivity index (χ0n) is 8.89. The van der Waals surface area contributed by atoms with Gasteiger partial charge in [-0.15, -0.1) is 0 Å². The highest BCUT2D eigenvalue weighted by Crippen LogP contribution is 2.08. The van der Waals surface area contributed by atoms with E-state index in [0.29, 0.717) is 13.0 Å². The van der Waals surface area contributed by atoms with Crippen LogP contribution in [0.3, 0.4) is 0 Å². The van der Waals surface area contributed by atoms with Crippen molar-refractivity contribution in [2.45, 2.75) is 6.42 Å². The fraction of sp³-hybridized carbons (Fsp3) is 0.500. The molecule has 6 nitrogen and oxygen atoms in total. The molecule has 0 aliphatic carbocycles. The van der Waals surface area contributed by atoms with E-state index in [4.69, 9.17) is 4.74 Å². The lowest BCUT2D eigenvalue weighted by atomic mass is 10.1. The van der Waals surface area contributed by atoms with Gasteiger partial charge < -0.3 is 14.8 Å². The Morgan fingerprint density at radius 1 is 1.44 bits per heavy atom. The first-order valence-corrected chi connectivity index (χ1v) is 4.81. The van der Waals surface area contributed by atoms with Crippen molar-refractivity contribution >= 4 is 17.8 Å². The van der Waals surface area contributed by atoms with Gasteiger partial charge >= 0.3 is 11.9 Å². The second-order valence-corrected chi connectivity index (χ2v) is 3.36. The summed E-state index contributed by atoms with van der Waals surface area (Å²) in [7, 11) is 1.22. The number of hydrogen-bond acceptors (Lipinski definition) is 5. The highest BCUT2D eigenvalue weighted by Gasteiger charge is 2.22. The number of hydrogen-bond donors (Lipinski definition) is 1. The number of esters is 2. The van der Waals surface area contributed by atoms with Gasteiger partial charge in [-0.05, 0) is 0 Å². The van der Waals surface area contributed by atoms with Crippen LogP contribution in [0.4, 0.5) is 0 Å². The normalized spacial score (nSPS) is 19.6. The minimum atomic E-state index is -0.621. The zero-order valence-corrected chi connectivity index (χ0v) is 8.89. The minimum Gasteiger partial charge on any atom is -0.466 e. The largest absolute Gasteiger partial charge is 0.466 e. The number of carbonyl (C=O) groups excluding carboxylic acids is 3. The van der Waals surface area contributed by atoms with Gasteiger partial charge in [0.2, 0.25) is 5.91 Å². The van der Waals surface area contributed by atoms with Crippen molar-refractivity contribution in [2.75, 3.05) is 20.3 Å². The van der Waals surface area contributed by atoms with Gasteiger partial charge in [-0.1, -0.05) is 0 Å². The Kier molecular flexibility index (Phi) is 4.50. The van der Waals surface area contributed by atoms with Crippen LogP contribution in [0.1, 0.15) is 6.42 Å². The molecule has 0 bridgehead atoms. The quantitative estimate of drug-likeness (QED) is 0.512. The Bertz CT molecular complexity index is 323. The summed E-state index contributed by atoms with van der Waals surface area (Å²) in [5, 5.41) is 2.63. The van der Waals surface area contributed by atoms with Gasteiger partial charge in [0.1, 0.15) is 0 Å². The summed E-state index contributed by atoms with van der Waals surface area (Å²) in [6.45, 7) is 0.690. The molecule has 16 heavy (non-hydrogen) atoms. The molecular formula is C10H13NO5.